The fourth-order valence-electron chi connectivity index (χ4n) is 2.08. The summed E-state index contributed by atoms with van der Waals surface area (Å²) in [5.41, 5.74) is 1.85. The van der Waals surface area contributed by atoms with Gasteiger partial charge in [0.2, 0.25) is 5.78 Å². The highest BCUT2D eigenvalue weighted by Crippen LogP contribution is 2.33. The summed E-state index contributed by atoms with van der Waals surface area (Å²) in [5.74, 6) is -0.489. The summed E-state index contributed by atoms with van der Waals surface area (Å²) in [6.07, 6.45) is 0.347. The molecule has 0 fully saturated rings. The number of hydroxylamine groups is 2. The van der Waals surface area contributed by atoms with Gasteiger partial charge in [-0.2, -0.15) is 5.06 Å². The van der Waals surface area contributed by atoms with E-state index in [1.165, 1.54) is 0 Å². The molecular formula is C13H15NO4. The van der Waals surface area contributed by atoms with Gasteiger partial charge in [-0.15, -0.1) is 0 Å². The first-order valence-corrected chi connectivity index (χ1v) is 5.73. The van der Waals surface area contributed by atoms with Crippen LogP contribution in [0.2, 0.25) is 0 Å². The van der Waals surface area contributed by atoms with Crippen molar-refractivity contribution in [3.8, 4) is 0 Å². The number of nitrogens with zero attached hydrogens (tertiary/aromatic N) is 1. The van der Waals surface area contributed by atoms with E-state index in [1.54, 1.807) is 12.2 Å². The second-order valence-electron chi connectivity index (χ2n) is 4.02. The molecule has 0 aliphatic carbocycles. The molecule has 1 aliphatic heterocycles. The predicted molar refractivity (Wildman–Crippen MR) is 63.6 cm³/mol. The normalized spacial score (nSPS) is 18.6. The Morgan fingerprint density at radius 3 is 2.94 bits per heavy atom. The first-order valence-electron chi connectivity index (χ1n) is 5.73. The van der Waals surface area contributed by atoms with Crippen LogP contribution in [0, 0.1) is 0 Å². The molecule has 0 aromatic heterocycles. The van der Waals surface area contributed by atoms with Gasteiger partial charge in [-0.25, -0.2) is 0 Å². The third kappa shape index (κ3) is 2.48. The quantitative estimate of drug-likeness (QED) is 0.426. The Morgan fingerprint density at radius 1 is 1.44 bits per heavy atom. The largest absolute Gasteiger partial charge is 0.382 e. The molecule has 18 heavy (non-hydrogen) atoms. The lowest BCUT2D eigenvalue weighted by Gasteiger charge is -2.21. The van der Waals surface area contributed by atoms with Crippen molar-refractivity contribution >= 4 is 12.1 Å². The maximum absolute atomic E-state index is 11.7. The van der Waals surface area contributed by atoms with Gasteiger partial charge in [0, 0.05) is 7.11 Å². The third-order valence-corrected chi connectivity index (χ3v) is 2.89. The van der Waals surface area contributed by atoms with Crippen LogP contribution in [0.15, 0.2) is 24.3 Å². The Bertz CT molecular complexity index is 446. The topological polar surface area (TPSA) is 55.8 Å². The Kier molecular flexibility index (Phi) is 4.19. The van der Waals surface area contributed by atoms with E-state index in [4.69, 9.17) is 9.57 Å². The summed E-state index contributed by atoms with van der Waals surface area (Å²) < 4.78 is 4.89. The fraction of sp³-hybridized carbons (Fsp3) is 0.385. The zero-order valence-corrected chi connectivity index (χ0v) is 10.2. The number of ether oxygens (including phenoxy) is 1. The number of carbonyl (C=O) groups is 2. The van der Waals surface area contributed by atoms with Crippen LogP contribution in [0.1, 0.15) is 17.2 Å². The van der Waals surface area contributed by atoms with E-state index in [2.05, 4.69) is 0 Å². The number of methoxy groups -OCH3 is 1. The zero-order chi connectivity index (χ0) is 13.0. The van der Waals surface area contributed by atoms with Gasteiger partial charge in [-0.1, -0.05) is 24.3 Å². The molecule has 1 aromatic rings. The van der Waals surface area contributed by atoms with Crippen LogP contribution in [-0.2, 0) is 25.7 Å². The Labute approximate surface area is 105 Å². The second-order valence-corrected chi connectivity index (χ2v) is 4.02. The molecule has 0 saturated heterocycles. The molecule has 2 rings (SSSR count). The summed E-state index contributed by atoms with van der Waals surface area (Å²) >= 11 is 0. The standard InChI is InChI=1S/C13H15NO4/c1-17-6-7-18-14-8-10-4-2-3-5-11(10)13(14)12(16)9-15/h2-5,9,13H,6-8H2,1H3. The lowest BCUT2D eigenvalue weighted by atomic mass is 10.0. The van der Waals surface area contributed by atoms with Gasteiger partial charge in [-0.05, 0) is 11.1 Å². The molecule has 1 unspecified atom stereocenters. The Balaban J connectivity index is 2.17. The molecule has 0 radical (unpaired) electrons. The molecule has 0 N–H and O–H groups in total. The van der Waals surface area contributed by atoms with Gasteiger partial charge in [0.15, 0.2) is 6.29 Å². The highest BCUT2D eigenvalue weighted by atomic mass is 16.7. The van der Waals surface area contributed by atoms with Gasteiger partial charge in [0.05, 0.1) is 19.8 Å². The maximum Gasteiger partial charge on any atom is 0.219 e. The van der Waals surface area contributed by atoms with Crippen molar-refractivity contribution in [2.75, 3.05) is 20.3 Å². The first-order chi connectivity index (χ1) is 8.77. The SMILES string of the molecule is COCCON1Cc2ccccc2C1C(=O)C=O. The number of fused-ring (bicyclic) bond motifs is 1. The smallest absolute Gasteiger partial charge is 0.219 e. The lowest BCUT2D eigenvalue weighted by molar-refractivity contribution is -0.195. The minimum atomic E-state index is -0.629. The summed E-state index contributed by atoms with van der Waals surface area (Å²) in [4.78, 5) is 27.9. The fourth-order valence-corrected chi connectivity index (χ4v) is 2.08. The van der Waals surface area contributed by atoms with Gasteiger partial charge in [0.1, 0.15) is 6.04 Å². The first kappa shape index (κ1) is 12.9. The van der Waals surface area contributed by atoms with Gasteiger partial charge in [0.25, 0.3) is 0 Å². The van der Waals surface area contributed by atoms with Crippen molar-refractivity contribution in [2.45, 2.75) is 12.6 Å². The van der Waals surface area contributed by atoms with Crippen LogP contribution in [0.5, 0.6) is 0 Å². The van der Waals surface area contributed by atoms with E-state index < -0.39 is 11.8 Å². The van der Waals surface area contributed by atoms with Crippen molar-refractivity contribution in [1.82, 2.24) is 5.06 Å². The van der Waals surface area contributed by atoms with Crippen LogP contribution in [0.4, 0.5) is 0 Å². The minimum absolute atomic E-state index is 0.347. The number of rotatable bonds is 6. The summed E-state index contributed by atoms with van der Waals surface area (Å²) in [6.45, 7) is 1.30. The average Bonchev–Trinajstić information content (AvgIpc) is 2.76. The van der Waals surface area contributed by atoms with Gasteiger partial charge < -0.3 is 4.74 Å². The molecular weight excluding hydrogens is 234 g/mol. The van der Waals surface area contributed by atoms with E-state index in [0.29, 0.717) is 26.0 Å². The summed E-state index contributed by atoms with van der Waals surface area (Å²) in [6, 6.07) is 6.90. The van der Waals surface area contributed by atoms with E-state index in [-0.39, 0.29) is 0 Å². The van der Waals surface area contributed by atoms with Gasteiger partial charge in [-0.3, -0.25) is 14.4 Å². The number of hydrogen-bond donors (Lipinski definition) is 0. The van der Waals surface area contributed by atoms with Crippen molar-refractivity contribution < 1.29 is 19.2 Å². The van der Waals surface area contributed by atoms with E-state index >= 15 is 0 Å². The number of Topliss-reactive ketones (excluding diaryl/α,β-unsaturated/α-hetero) is 1. The summed E-state index contributed by atoms with van der Waals surface area (Å²) in [5, 5.41) is 1.54. The van der Waals surface area contributed by atoms with E-state index in [0.717, 1.165) is 11.1 Å². The number of aldehydes is 1. The van der Waals surface area contributed by atoms with Gasteiger partial charge >= 0.3 is 0 Å². The Morgan fingerprint density at radius 2 is 2.22 bits per heavy atom. The number of ketones is 1. The Hall–Kier alpha value is -1.56. The van der Waals surface area contributed by atoms with Crippen molar-refractivity contribution in [1.29, 1.82) is 0 Å². The molecule has 96 valence electrons. The molecule has 5 heteroatoms. The molecule has 1 heterocycles. The van der Waals surface area contributed by atoms with Crippen molar-refractivity contribution in [3.05, 3.63) is 35.4 Å². The molecule has 5 nitrogen and oxygen atoms in total. The molecule has 1 aliphatic rings. The van der Waals surface area contributed by atoms with Crippen molar-refractivity contribution in [3.63, 3.8) is 0 Å². The highest BCUT2D eigenvalue weighted by Gasteiger charge is 2.35. The average molecular weight is 249 g/mol. The molecule has 0 bridgehead atoms. The van der Waals surface area contributed by atoms with Crippen LogP contribution in [-0.4, -0.2) is 37.5 Å². The molecule has 0 spiro atoms. The monoisotopic (exact) mass is 249 g/mol. The number of carbonyl (C=O) groups excluding carboxylic acids is 2. The third-order valence-electron chi connectivity index (χ3n) is 2.89. The summed E-state index contributed by atoms with van der Waals surface area (Å²) in [7, 11) is 1.58. The van der Waals surface area contributed by atoms with E-state index in [9.17, 15) is 9.59 Å². The van der Waals surface area contributed by atoms with Crippen molar-refractivity contribution in [2.24, 2.45) is 0 Å². The number of benzene rings is 1. The zero-order valence-electron chi connectivity index (χ0n) is 10.2. The molecule has 1 atom stereocenters. The second kappa shape index (κ2) is 5.86. The number of hydrogen-bond acceptors (Lipinski definition) is 5. The van der Waals surface area contributed by atoms with Crippen LogP contribution < -0.4 is 0 Å². The maximum atomic E-state index is 11.7. The van der Waals surface area contributed by atoms with E-state index in [1.807, 2.05) is 24.3 Å². The minimum Gasteiger partial charge on any atom is -0.382 e. The highest BCUT2D eigenvalue weighted by molar-refractivity contribution is 6.27. The van der Waals surface area contributed by atoms with Crippen LogP contribution >= 0.6 is 0 Å². The van der Waals surface area contributed by atoms with Crippen LogP contribution in [0.3, 0.4) is 0 Å². The lowest BCUT2D eigenvalue weighted by Crippen LogP contribution is -2.30. The predicted octanol–water partition coefficient (Wildman–Crippen LogP) is 0.889. The molecule has 0 saturated carbocycles. The van der Waals surface area contributed by atoms with Crippen LogP contribution in [0.25, 0.3) is 0 Å². The molecule has 1 aromatic carbocycles. The molecule has 0 amide bonds.